The predicted molar refractivity (Wildman–Crippen MR) is 88.1 cm³/mol. The number of esters is 1. The third kappa shape index (κ3) is 19.9. The topological polar surface area (TPSA) is 63.6 Å². The van der Waals surface area contributed by atoms with Crippen LogP contribution in [0, 0.1) is 0 Å². The van der Waals surface area contributed by atoms with Crippen LogP contribution < -0.4 is 0 Å². The fraction of sp³-hybridized carbons (Fsp3) is 0.750. The Bertz CT molecular complexity index is 290. The van der Waals surface area contributed by atoms with Crippen LogP contribution in [0.5, 0.6) is 0 Å². The fourth-order valence-electron chi connectivity index (χ4n) is 1.95. The summed E-state index contributed by atoms with van der Waals surface area (Å²) in [6.45, 7) is 2.60. The van der Waals surface area contributed by atoms with Gasteiger partial charge in [-0.15, -0.1) is 0 Å². The van der Waals surface area contributed by atoms with E-state index in [1.165, 1.54) is 51.4 Å². The molecule has 1 N–H and O–H groups in total. The summed E-state index contributed by atoms with van der Waals surface area (Å²) in [6, 6.07) is 0. The molecule has 0 unspecified atom stereocenters. The first-order chi connectivity index (χ1) is 9.66. The zero-order valence-corrected chi connectivity index (χ0v) is 12.6. The predicted octanol–water partition coefficient (Wildman–Crippen LogP) is 3.18. The van der Waals surface area contributed by atoms with Gasteiger partial charge in [-0.05, 0) is 6.42 Å². The Labute approximate surface area is 158 Å². The van der Waals surface area contributed by atoms with Crippen LogP contribution in [-0.4, -0.2) is 61.4 Å². The number of hydrogen-bond acceptors (Lipinski definition) is 3. The summed E-state index contributed by atoms with van der Waals surface area (Å²) in [5, 5.41) is 8.33. The van der Waals surface area contributed by atoms with Gasteiger partial charge in [0.2, 0.25) is 0 Å². The van der Waals surface area contributed by atoms with Gasteiger partial charge in [0.1, 0.15) is 0 Å². The van der Waals surface area contributed by atoms with Crippen molar-refractivity contribution in [2.45, 2.75) is 71.1 Å². The van der Waals surface area contributed by atoms with Gasteiger partial charge in [0, 0.05) is 12.2 Å². The van der Waals surface area contributed by atoms with Gasteiger partial charge >= 0.3 is 49.7 Å². The molecule has 0 aliphatic heterocycles. The normalized spacial score (nSPS) is 10.3. The molecule has 5 heteroatoms. The van der Waals surface area contributed by atoms with Gasteiger partial charge in [-0.1, -0.05) is 64.7 Å². The van der Waals surface area contributed by atoms with Crippen molar-refractivity contribution in [1.82, 2.24) is 0 Å². The Hall–Kier alpha value is -0.0603. The van der Waals surface area contributed by atoms with Crippen LogP contribution in [-0.2, 0) is 14.3 Å². The summed E-state index contributed by atoms with van der Waals surface area (Å²) in [4.78, 5) is 21.2. The molecule has 0 aliphatic carbocycles. The fourth-order valence-corrected chi connectivity index (χ4v) is 1.95. The minimum atomic E-state index is -1.14. The third-order valence-corrected chi connectivity index (χ3v) is 3.10. The molecular formula is C16H30CaO4. The quantitative estimate of drug-likeness (QED) is 0.244. The molecule has 0 saturated carbocycles. The van der Waals surface area contributed by atoms with Crippen molar-refractivity contribution >= 4 is 49.7 Å². The first-order valence-corrected chi connectivity index (χ1v) is 7.74. The van der Waals surface area contributed by atoms with E-state index >= 15 is 0 Å². The van der Waals surface area contributed by atoms with Crippen LogP contribution in [0.3, 0.4) is 0 Å². The van der Waals surface area contributed by atoms with E-state index in [0.29, 0.717) is 6.61 Å². The molecule has 0 spiro atoms. The molecule has 0 heterocycles. The molecule has 0 aliphatic rings. The monoisotopic (exact) mass is 326 g/mol. The van der Waals surface area contributed by atoms with Crippen LogP contribution in [0.25, 0.3) is 0 Å². The van der Waals surface area contributed by atoms with Gasteiger partial charge in [-0.25, -0.2) is 9.59 Å². The van der Waals surface area contributed by atoms with Crippen LogP contribution in [0.2, 0.25) is 0 Å². The van der Waals surface area contributed by atoms with E-state index in [-0.39, 0.29) is 37.7 Å². The summed E-state index contributed by atoms with van der Waals surface area (Å²) >= 11 is 0. The maximum absolute atomic E-state index is 11.0. The van der Waals surface area contributed by atoms with Gasteiger partial charge in [0.05, 0.1) is 6.61 Å². The van der Waals surface area contributed by atoms with Gasteiger partial charge < -0.3 is 9.84 Å². The van der Waals surface area contributed by atoms with Crippen molar-refractivity contribution in [2.75, 3.05) is 6.61 Å². The summed E-state index contributed by atoms with van der Waals surface area (Å²) in [6.07, 6.45) is 14.0. The average molecular weight is 326 g/mol. The Morgan fingerprint density at radius 1 is 0.857 bits per heavy atom. The standard InChI is InChI=1S/C16H28O4.Ca.2H/c1-2-3-4-5-6-7-8-9-10-11-14-20-16(19)13-12-15(17)18;;;/h12-13H,2-11,14H2,1H3,(H,17,18);;;/b13-12-;;;. The second-order valence-corrected chi connectivity index (χ2v) is 5.02. The second kappa shape index (κ2) is 18.0. The number of unbranched alkanes of at least 4 members (excludes halogenated alkanes) is 9. The summed E-state index contributed by atoms with van der Waals surface area (Å²) in [5.74, 6) is -1.72. The maximum atomic E-state index is 11.0. The van der Waals surface area contributed by atoms with Crippen LogP contribution in [0.15, 0.2) is 12.2 Å². The molecular weight excluding hydrogens is 296 g/mol. The molecule has 120 valence electrons. The van der Waals surface area contributed by atoms with Crippen molar-refractivity contribution in [1.29, 1.82) is 0 Å². The molecule has 0 rings (SSSR count). The van der Waals surface area contributed by atoms with Crippen molar-refractivity contribution in [3.8, 4) is 0 Å². The van der Waals surface area contributed by atoms with E-state index in [2.05, 4.69) is 6.92 Å². The van der Waals surface area contributed by atoms with Crippen LogP contribution in [0.4, 0.5) is 0 Å². The van der Waals surface area contributed by atoms with E-state index < -0.39 is 11.9 Å². The summed E-state index contributed by atoms with van der Waals surface area (Å²) in [5.41, 5.74) is 0. The van der Waals surface area contributed by atoms with Gasteiger partial charge in [-0.3, -0.25) is 0 Å². The number of aliphatic carboxylic acids is 1. The number of ether oxygens (including phenoxy) is 1. The van der Waals surface area contributed by atoms with Crippen molar-refractivity contribution in [2.24, 2.45) is 0 Å². The van der Waals surface area contributed by atoms with Crippen molar-refractivity contribution in [3.63, 3.8) is 0 Å². The Balaban J connectivity index is 0. The number of carboxylic acids is 1. The molecule has 0 radical (unpaired) electrons. The van der Waals surface area contributed by atoms with E-state index in [1.54, 1.807) is 0 Å². The second-order valence-electron chi connectivity index (χ2n) is 5.02. The van der Waals surface area contributed by atoms with Crippen LogP contribution >= 0.6 is 0 Å². The van der Waals surface area contributed by atoms with Crippen molar-refractivity contribution < 1.29 is 19.4 Å². The molecule has 0 bridgehead atoms. The average Bonchev–Trinajstić information content (AvgIpc) is 2.42. The number of hydrogen-bond donors (Lipinski definition) is 1. The molecule has 0 aromatic rings. The molecule has 4 nitrogen and oxygen atoms in total. The van der Waals surface area contributed by atoms with E-state index in [1.807, 2.05) is 0 Å². The first kappa shape index (κ1) is 23.2. The Morgan fingerprint density at radius 3 is 1.81 bits per heavy atom. The minimum absolute atomic E-state index is 0. The van der Waals surface area contributed by atoms with Crippen molar-refractivity contribution in [3.05, 3.63) is 12.2 Å². The summed E-state index contributed by atoms with van der Waals surface area (Å²) < 4.78 is 4.88. The van der Waals surface area contributed by atoms with E-state index in [9.17, 15) is 9.59 Å². The van der Waals surface area contributed by atoms with E-state index in [0.717, 1.165) is 25.0 Å². The molecule has 0 atom stereocenters. The molecule has 0 aromatic heterocycles. The van der Waals surface area contributed by atoms with Crippen LogP contribution in [0.1, 0.15) is 71.1 Å². The van der Waals surface area contributed by atoms with Gasteiger partial charge in [0.25, 0.3) is 0 Å². The third-order valence-electron chi connectivity index (χ3n) is 3.10. The molecule has 0 fully saturated rings. The zero-order chi connectivity index (χ0) is 15.1. The van der Waals surface area contributed by atoms with Gasteiger partial charge in [0.15, 0.2) is 0 Å². The first-order valence-electron chi connectivity index (χ1n) is 7.74. The molecule has 0 saturated heterocycles. The Morgan fingerprint density at radius 2 is 1.33 bits per heavy atom. The molecule has 0 aromatic carbocycles. The van der Waals surface area contributed by atoms with E-state index in [4.69, 9.17) is 9.84 Å². The van der Waals surface area contributed by atoms with Gasteiger partial charge in [-0.2, -0.15) is 0 Å². The molecule has 21 heavy (non-hydrogen) atoms. The number of rotatable bonds is 13. The number of carboxylic acid groups (broad SMARTS) is 1. The number of carbonyl (C=O) groups excluding carboxylic acids is 1. The zero-order valence-electron chi connectivity index (χ0n) is 12.6. The SMILES string of the molecule is CCCCCCCCCCCCOC(=O)/C=C\C(=O)O.[CaH2]. The Kier molecular flexibility index (Phi) is 19.9. The molecule has 0 amide bonds. The number of carbonyl (C=O) groups is 2. The summed E-state index contributed by atoms with van der Waals surface area (Å²) in [7, 11) is 0.